The van der Waals surface area contributed by atoms with E-state index >= 15 is 0 Å². The Bertz CT molecular complexity index is 1260. The highest BCUT2D eigenvalue weighted by Crippen LogP contribution is 2.77. The van der Waals surface area contributed by atoms with Crippen molar-refractivity contribution in [2.75, 3.05) is 39.6 Å². The van der Waals surface area contributed by atoms with Crippen LogP contribution in [0.1, 0.15) is 93.4 Å². The number of hydrogen-bond acceptors (Lipinski definition) is 8. The van der Waals surface area contributed by atoms with Gasteiger partial charge >= 0.3 is 5.97 Å². The van der Waals surface area contributed by atoms with Crippen molar-refractivity contribution in [2.45, 2.75) is 108 Å². The zero-order valence-corrected chi connectivity index (χ0v) is 30.9. The Hall–Kier alpha value is -3.72. The maximum Gasteiger partial charge on any atom is 0.316 e. The van der Waals surface area contributed by atoms with Crippen molar-refractivity contribution in [3.05, 3.63) is 54.6 Å². The van der Waals surface area contributed by atoms with Gasteiger partial charge in [0.05, 0.1) is 39.6 Å². The summed E-state index contributed by atoms with van der Waals surface area (Å²) in [6.07, 6.45) is 4.92. The molecule has 266 valence electrons. The van der Waals surface area contributed by atoms with Crippen LogP contribution < -0.4 is 28.4 Å². The molecule has 3 rings (SSSR count). The van der Waals surface area contributed by atoms with Crippen molar-refractivity contribution < 1.29 is 37.4 Å². The molecule has 8 nitrogen and oxygen atoms in total. The molecule has 0 radical (unpaired) electrons. The Kier molecular flexibility index (Phi) is 16.6. The fraction of sp³-hybridized carbons (Fsp3) is 0.513. The Labute approximate surface area is 289 Å². The Morgan fingerprint density at radius 3 is 1.15 bits per heavy atom. The van der Waals surface area contributed by atoms with E-state index in [-0.39, 0.29) is 12.4 Å². The quantitative estimate of drug-likeness (QED) is 0.0976. The van der Waals surface area contributed by atoms with Crippen LogP contribution in [0.4, 0.5) is 0 Å². The summed E-state index contributed by atoms with van der Waals surface area (Å²) in [5.74, 6) is 2.95. The van der Waals surface area contributed by atoms with Crippen LogP contribution in [0.25, 0.3) is 0 Å². The zero-order chi connectivity index (χ0) is 34.8. The highest BCUT2D eigenvalue weighted by Gasteiger charge is 2.46. The molecular weight excluding hydrogens is 628 g/mol. The largest absolute Gasteiger partial charge is 0.493 e. The monoisotopic (exact) mass is 684 g/mol. The van der Waals surface area contributed by atoms with Crippen molar-refractivity contribution in [2.24, 2.45) is 0 Å². The molecule has 0 aromatic heterocycles. The summed E-state index contributed by atoms with van der Waals surface area (Å²) in [6.45, 7) is 17.0. The second-order valence-corrected chi connectivity index (χ2v) is 13.8. The van der Waals surface area contributed by atoms with Crippen LogP contribution in [0, 0.1) is 0 Å². The molecule has 0 spiro atoms. The topological polar surface area (TPSA) is 81.7 Å². The van der Waals surface area contributed by atoms with E-state index in [1.165, 1.54) is 0 Å². The average molecular weight is 685 g/mol. The Morgan fingerprint density at radius 1 is 0.500 bits per heavy atom. The molecule has 3 aromatic rings. The predicted molar refractivity (Wildman–Crippen MR) is 193 cm³/mol. The minimum atomic E-state index is -3.02. The van der Waals surface area contributed by atoms with Gasteiger partial charge in [-0.25, -0.2) is 0 Å². The van der Waals surface area contributed by atoms with E-state index in [1.54, 1.807) is 6.92 Å². The standard InChI is InChI=1S/C39H56O8S/c1-8-20-41-30-26-33(43-22-10-3)38(34(27-30)44-23-11-4)48(47-37(40)14-7,32-18-16-15-17-19-32)39-35(45-24-12-5)28-31(42-21-9-2)29-36(39)46-25-13-6/h15-19,26-29H,8-14,20-25H2,1-7H3. The molecule has 0 aliphatic rings. The molecule has 0 amide bonds. The van der Waals surface area contributed by atoms with E-state index in [0.717, 1.165) is 43.4 Å². The number of benzene rings is 3. The van der Waals surface area contributed by atoms with Gasteiger partial charge in [0.15, 0.2) is 0 Å². The van der Waals surface area contributed by atoms with Gasteiger partial charge in [0.1, 0.15) is 44.3 Å². The summed E-state index contributed by atoms with van der Waals surface area (Å²) < 4.78 is 45.5. The Morgan fingerprint density at radius 2 is 0.833 bits per heavy atom. The summed E-state index contributed by atoms with van der Waals surface area (Å²) in [5, 5.41) is 0. The minimum Gasteiger partial charge on any atom is -0.493 e. The molecule has 0 heterocycles. The Balaban J connectivity index is 2.66. The van der Waals surface area contributed by atoms with Gasteiger partial charge in [-0.15, -0.1) is 0 Å². The van der Waals surface area contributed by atoms with Gasteiger partial charge in [-0.2, -0.15) is 0 Å². The number of carbonyl (C=O) groups excluding carboxylic acids is 1. The minimum absolute atomic E-state index is 0.156. The van der Waals surface area contributed by atoms with E-state index in [9.17, 15) is 4.79 Å². The van der Waals surface area contributed by atoms with E-state index in [0.29, 0.717) is 83.9 Å². The highest BCUT2D eigenvalue weighted by molar-refractivity contribution is 8.30. The molecule has 0 saturated carbocycles. The first-order chi connectivity index (χ1) is 23.4. The third-order valence-electron chi connectivity index (χ3n) is 6.94. The van der Waals surface area contributed by atoms with Crippen LogP contribution in [0.5, 0.6) is 34.5 Å². The maximum absolute atomic E-state index is 13.9. The molecule has 9 heteroatoms. The lowest BCUT2D eigenvalue weighted by atomic mass is 10.3. The lowest BCUT2D eigenvalue weighted by Crippen LogP contribution is -2.18. The third kappa shape index (κ3) is 9.91. The van der Waals surface area contributed by atoms with Crippen LogP contribution in [0.2, 0.25) is 0 Å². The fourth-order valence-corrected chi connectivity index (χ4v) is 8.32. The number of carbonyl (C=O) groups is 1. The van der Waals surface area contributed by atoms with Crippen LogP contribution in [-0.4, -0.2) is 45.6 Å². The van der Waals surface area contributed by atoms with Crippen molar-refractivity contribution in [3.8, 4) is 34.5 Å². The highest BCUT2D eigenvalue weighted by atomic mass is 32.3. The summed E-state index contributed by atoms with van der Waals surface area (Å²) in [7, 11) is -3.02. The van der Waals surface area contributed by atoms with Crippen LogP contribution in [-0.2, 0) is 8.98 Å². The molecule has 0 aliphatic heterocycles. The molecule has 0 atom stereocenters. The van der Waals surface area contributed by atoms with E-state index < -0.39 is 10.3 Å². The summed E-state index contributed by atoms with van der Waals surface area (Å²) >= 11 is 0. The lowest BCUT2D eigenvalue weighted by molar-refractivity contribution is -0.133. The summed E-state index contributed by atoms with van der Waals surface area (Å²) in [6, 6.07) is 17.4. The molecule has 0 saturated heterocycles. The molecule has 0 bridgehead atoms. The molecular formula is C39H56O8S. The average Bonchev–Trinajstić information content (AvgIpc) is 3.11. The third-order valence-corrected chi connectivity index (χ3v) is 10.3. The first-order valence-electron chi connectivity index (χ1n) is 17.7. The van der Waals surface area contributed by atoms with Gasteiger partial charge in [0.2, 0.25) is 0 Å². The van der Waals surface area contributed by atoms with Gasteiger partial charge in [0.25, 0.3) is 0 Å². The maximum atomic E-state index is 13.9. The second kappa shape index (κ2) is 20.6. The van der Waals surface area contributed by atoms with Crippen LogP contribution >= 0.6 is 10.3 Å². The van der Waals surface area contributed by atoms with E-state index in [2.05, 4.69) is 41.5 Å². The second-order valence-electron chi connectivity index (χ2n) is 11.3. The van der Waals surface area contributed by atoms with Crippen molar-refractivity contribution in [1.82, 2.24) is 0 Å². The normalized spacial score (nSPS) is 11.5. The fourth-order valence-electron chi connectivity index (χ4n) is 4.83. The van der Waals surface area contributed by atoms with Gasteiger partial charge in [-0.3, -0.25) is 4.79 Å². The number of ether oxygens (including phenoxy) is 6. The van der Waals surface area contributed by atoms with Crippen molar-refractivity contribution in [3.63, 3.8) is 0 Å². The van der Waals surface area contributed by atoms with Gasteiger partial charge in [-0.1, -0.05) is 66.7 Å². The van der Waals surface area contributed by atoms with Gasteiger partial charge < -0.3 is 32.6 Å². The first-order valence-corrected chi connectivity index (χ1v) is 19.2. The van der Waals surface area contributed by atoms with Crippen molar-refractivity contribution in [1.29, 1.82) is 0 Å². The molecule has 0 unspecified atom stereocenters. The molecule has 0 N–H and O–H groups in total. The van der Waals surface area contributed by atoms with Crippen LogP contribution in [0.15, 0.2) is 69.3 Å². The number of hydrogen-bond donors (Lipinski definition) is 0. The lowest BCUT2D eigenvalue weighted by Gasteiger charge is -2.42. The zero-order valence-electron chi connectivity index (χ0n) is 30.1. The van der Waals surface area contributed by atoms with Crippen LogP contribution in [0.3, 0.4) is 0 Å². The molecule has 48 heavy (non-hydrogen) atoms. The molecule has 0 fully saturated rings. The smallest absolute Gasteiger partial charge is 0.316 e. The predicted octanol–water partition coefficient (Wildman–Crippen LogP) is 10.6. The van der Waals surface area contributed by atoms with E-state index in [1.807, 2.05) is 54.6 Å². The number of rotatable bonds is 23. The molecule has 0 aliphatic carbocycles. The summed E-state index contributed by atoms with van der Waals surface area (Å²) in [5.41, 5.74) is 0. The first kappa shape index (κ1) is 38.7. The molecule has 3 aromatic carbocycles. The SMILES string of the molecule is CCCOc1cc(OCCC)c(S(OC(=O)CC)(c2ccccc2)c2c(OCCC)cc(OCCC)cc2OCCC)c(OCCC)c1. The summed E-state index contributed by atoms with van der Waals surface area (Å²) in [4.78, 5) is 15.9. The van der Waals surface area contributed by atoms with Crippen molar-refractivity contribution >= 4 is 16.3 Å². The van der Waals surface area contributed by atoms with E-state index in [4.69, 9.17) is 32.6 Å². The van der Waals surface area contributed by atoms with Gasteiger partial charge in [-0.05, 0) is 50.7 Å². The van der Waals surface area contributed by atoms with Gasteiger partial charge in [0, 0.05) is 45.9 Å².